The number of nitrogens with two attached hydrogens (primary N) is 1. The molecule has 18 heavy (non-hydrogen) atoms. The van der Waals surface area contributed by atoms with E-state index >= 15 is 0 Å². The Bertz CT molecular complexity index is 513. The molecule has 0 aromatic heterocycles. The molecule has 0 radical (unpaired) electrons. The molecule has 0 spiro atoms. The van der Waals surface area contributed by atoms with Gasteiger partial charge in [0, 0.05) is 15.4 Å². The Labute approximate surface area is 121 Å². The van der Waals surface area contributed by atoms with Crippen molar-refractivity contribution in [2.75, 3.05) is 6.54 Å². The number of rotatable bonds is 4. The summed E-state index contributed by atoms with van der Waals surface area (Å²) >= 11 is 9.66. The van der Waals surface area contributed by atoms with Crippen LogP contribution in [0.3, 0.4) is 0 Å². The average molecular weight is 325 g/mol. The van der Waals surface area contributed by atoms with Crippen LogP contribution in [0.1, 0.15) is 17.0 Å². The highest BCUT2D eigenvalue weighted by Crippen LogP contribution is 2.27. The standard InChI is InChI=1S/C15H15BrClN/c16-14-7-6-12(15(17)9-14)8-13(10-18)11-4-2-1-3-5-11/h1-7,9,13H,8,10,18H2. The van der Waals surface area contributed by atoms with Gasteiger partial charge in [0.2, 0.25) is 0 Å². The molecule has 2 aromatic rings. The van der Waals surface area contributed by atoms with Crippen molar-refractivity contribution < 1.29 is 0 Å². The fourth-order valence-electron chi connectivity index (χ4n) is 2.02. The second kappa shape index (κ2) is 6.37. The molecule has 1 nitrogen and oxygen atoms in total. The normalized spacial score (nSPS) is 12.4. The molecule has 2 N–H and O–H groups in total. The van der Waals surface area contributed by atoms with Gasteiger partial charge in [0.05, 0.1) is 0 Å². The Kier molecular flexibility index (Phi) is 4.81. The lowest BCUT2D eigenvalue weighted by molar-refractivity contribution is 0.694. The SMILES string of the molecule is NCC(Cc1ccc(Br)cc1Cl)c1ccccc1. The summed E-state index contributed by atoms with van der Waals surface area (Å²) in [6, 6.07) is 16.3. The molecule has 3 heteroatoms. The fraction of sp³-hybridized carbons (Fsp3) is 0.200. The van der Waals surface area contributed by atoms with E-state index in [1.807, 2.05) is 30.3 Å². The van der Waals surface area contributed by atoms with Gasteiger partial charge in [0.15, 0.2) is 0 Å². The summed E-state index contributed by atoms with van der Waals surface area (Å²) in [6.45, 7) is 0.621. The lowest BCUT2D eigenvalue weighted by atomic mass is 9.92. The zero-order chi connectivity index (χ0) is 13.0. The van der Waals surface area contributed by atoms with E-state index < -0.39 is 0 Å². The summed E-state index contributed by atoms with van der Waals surface area (Å²) in [5, 5.41) is 0.791. The van der Waals surface area contributed by atoms with Crippen LogP contribution in [0, 0.1) is 0 Å². The zero-order valence-electron chi connectivity index (χ0n) is 9.94. The molecule has 0 aliphatic carbocycles. The van der Waals surface area contributed by atoms with E-state index in [0.29, 0.717) is 12.5 Å². The van der Waals surface area contributed by atoms with E-state index in [9.17, 15) is 0 Å². The van der Waals surface area contributed by atoms with Gasteiger partial charge in [-0.1, -0.05) is 63.9 Å². The monoisotopic (exact) mass is 323 g/mol. The highest BCUT2D eigenvalue weighted by molar-refractivity contribution is 9.10. The van der Waals surface area contributed by atoms with Gasteiger partial charge in [-0.25, -0.2) is 0 Å². The minimum atomic E-state index is 0.310. The van der Waals surface area contributed by atoms with Crippen LogP contribution in [0.2, 0.25) is 5.02 Å². The van der Waals surface area contributed by atoms with Crippen molar-refractivity contribution >= 4 is 27.5 Å². The van der Waals surface area contributed by atoms with Crippen molar-refractivity contribution in [1.29, 1.82) is 0 Å². The first-order valence-electron chi connectivity index (χ1n) is 5.89. The molecule has 0 saturated heterocycles. The molecule has 0 fully saturated rings. The first-order chi connectivity index (χ1) is 8.70. The van der Waals surface area contributed by atoms with Crippen molar-refractivity contribution in [3.63, 3.8) is 0 Å². The predicted molar refractivity (Wildman–Crippen MR) is 81.1 cm³/mol. The van der Waals surface area contributed by atoms with Crippen molar-refractivity contribution in [3.05, 3.63) is 69.2 Å². The van der Waals surface area contributed by atoms with Crippen LogP contribution in [0.5, 0.6) is 0 Å². The molecular weight excluding hydrogens is 310 g/mol. The molecule has 1 atom stereocenters. The third-order valence-electron chi connectivity index (χ3n) is 3.04. The van der Waals surface area contributed by atoms with Crippen molar-refractivity contribution in [1.82, 2.24) is 0 Å². The fourth-order valence-corrected chi connectivity index (χ4v) is 2.77. The molecule has 0 aliphatic rings. The van der Waals surface area contributed by atoms with Crippen LogP contribution >= 0.6 is 27.5 Å². The lowest BCUT2D eigenvalue weighted by Gasteiger charge is -2.16. The molecule has 0 amide bonds. The minimum absolute atomic E-state index is 0.310. The first-order valence-corrected chi connectivity index (χ1v) is 7.06. The largest absolute Gasteiger partial charge is 0.330 e. The van der Waals surface area contributed by atoms with Crippen LogP contribution in [0.25, 0.3) is 0 Å². The second-order valence-electron chi connectivity index (χ2n) is 4.28. The van der Waals surface area contributed by atoms with Crippen molar-refractivity contribution in [2.45, 2.75) is 12.3 Å². The van der Waals surface area contributed by atoms with Gasteiger partial charge in [-0.3, -0.25) is 0 Å². The average Bonchev–Trinajstić information content (AvgIpc) is 2.39. The lowest BCUT2D eigenvalue weighted by Crippen LogP contribution is -2.15. The maximum Gasteiger partial charge on any atom is 0.0449 e. The smallest absolute Gasteiger partial charge is 0.0449 e. The van der Waals surface area contributed by atoms with Crippen LogP contribution in [0.15, 0.2) is 53.0 Å². The van der Waals surface area contributed by atoms with Crippen LogP contribution in [0.4, 0.5) is 0 Å². The Morgan fingerprint density at radius 2 is 1.83 bits per heavy atom. The molecule has 94 valence electrons. The topological polar surface area (TPSA) is 26.0 Å². The van der Waals surface area contributed by atoms with Gasteiger partial charge in [0.25, 0.3) is 0 Å². The summed E-state index contributed by atoms with van der Waals surface area (Å²) in [6.07, 6.45) is 0.868. The number of halogens is 2. The molecule has 2 aromatic carbocycles. The quantitative estimate of drug-likeness (QED) is 0.887. The maximum atomic E-state index is 6.25. The molecule has 1 unspecified atom stereocenters. The van der Waals surface area contributed by atoms with E-state index in [0.717, 1.165) is 21.5 Å². The molecule has 2 rings (SSSR count). The van der Waals surface area contributed by atoms with E-state index in [1.54, 1.807) is 0 Å². The van der Waals surface area contributed by atoms with Crippen LogP contribution < -0.4 is 5.73 Å². The zero-order valence-corrected chi connectivity index (χ0v) is 12.3. The Hall–Kier alpha value is -0.830. The Morgan fingerprint density at radius 1 is 1.11 bits per heavy atom. The second-order valence-corrected chi connectivity index (χ2v) is 5.61. The van der Waals surface area contributed by atoms with Gasteiger partial charge < -0.3 is 5.73 Å². The summed E-state index contributed by atoms with van der Waals surface area (Å²) in [5.41, 5.74) is 8.28. The molecule has 0 heterocycles. The maximum absolute atomic E-state index is 6.25. The van der Waals surface area contributed by atoms with Gasteiger partial charge in [-0.05, 0) is 36.2 Å². The van der Waals surface area contributed by atoms with E-state index in [1.165, 1.54) is 5.56 Å². The highest BCUT2D eigenvalue weighted by atomic mass is 79.9. The number of hydrogen-bond donors (Lipinski definition) is 1. The predicted octanol–water partition coefficient (Wildman–Crippen LogP) is 4.39. The van der Waals surface area contributed by atoms with E-state index in [2.05, 4.69) is 34.1 Å². The molecule has 0 saturated carbocycles. The summed E-state index contributed by atoms with van der Waals surface area (Å²) in [4.78, 5) is 0. The Morgan fingerprint density at radius 3 is 2.44 bits per heavy atom. The van der Waals surface area contributed by atoms with Gasteiger partial charge in [0.1, 0.15) is 0 Å². The molecular formula is C15H15BrClN. The first kappa shape index (κ1) is 13.6. The van der Waals surface area contributed by atoms with Gasteiger partial charge >= 0.3 is 0 Å². The summed E-state index contributed by atoms with van der Waals surface area (Å²) in [5.74, 6) is 0.310. The third kappa shape index (κ3) is 3.35. The highest BCUT2D eigenvalue weighted by Gasteiger charge is 2.12. The molecule has 0 aliphatic heterocycles. The minimum Gasteiger partial charge on any atom is -0.330 e. The van der Waals surface area contributed by atoms with Crippen LogP contribution in [-0.4, -0.2) is 6.54 Å². The third-order valence-corrected chi connectivity index (χ3v) is 3.88. The number of hydrogen-bond acceptors (Lipinski definition) is 1. The van der Waals surface area contributed by atoms with Gasteiger partial charge in [-0.15, -0.1) is 0 Å². The van der Waals surface area contributed by atoms with Crippen molar-refractivity contribution in [3.8, 4) is 0 Å². The summed E-state index contributed by atoms with van der Waals surface area (Å²) in [7, 11) is 0. The van der Waals surface area contributed by atoms with E-state index in [4.69, 9.17) is 17.3 Å². The van der Waals surface area contributed by atoms with Gasteiger partial charge in [-0.2, -0.15) is 0 Å². The molecule has 0 bridgehead atoms. The van der Waals surface area contributed by atoms with Crippen LogP contribution in [-0.2, 0) is 6.42 Å². The van der Waals surface area contributed by atoms with E-state index in [-0.39, 0.29) is 0 Å². The summed E-state index contributed by atoms with van der Waals surface area (Å²) < 4.78 is 1.00. The number of benzene rings is 2. The van der Waals surface area contributed by atoms with Crippen molar-refractivity contribution in [2.24, 2.45) is 5.73 Å². The Balaban J connectivity index is 2.21.